The average molecular weight is 252 g/mol. The van der Waals surface area contributed by atoms with Gasteiger partial charge in [-0.2, -0.15) is 5.10 Å². The lowest BCUT2D eigenvalue weighted by Crippen LogP contribution is -2.43. The molecule has 0 saturated carbocycles. The third-order valence-corrected chi connectivity index (χ3v) is 3.56. The van der Waals surface area contributed by atoms with Crippen molar-refractivity contribution in [3.8, 4) is 0 Å². The molecule has 5 nitrogen and oxygen atoms in total. The Balaban J connectivity index is 2.25. The van der Waals surface area contributed by atoms with Gasteiger partial charge in [0.1, 0.15) is 5.82 Å². The zero-order valence-corrected chi connectivity index (χ0v) is 11.9. The van der Waals surface area contributed by atoms with Crippen LogP contribution >= 0.6 is 0 Å². The summed E-state index contributed by atoms with van der Waals surface area (Å²) in [6.07, 6.45) is 1.41. The molecule has 0 spiro atoms. The highest BCUT2D eigenvalue weighted by atomic mass is 16.5. The minimum Gasteiger partial charge on any atom is -0.375 e. The molecule has 18 heavy (non-hydrogen) atoms. The summed E-state index contributed by atoms with van der Waals surface area (Å²) >= 11 is 0. The summed E-state index contributed by atoms with van der Waals surface area (Å²) in [5.74, 6) is 1.24. The van der Waals surface area contributed by atoms with E-state index in [4.69, 9.17) is 4.74 Å². The Morgan fingerprint density at radius 2 is 2.28 bits per heavy atom. The van der Waals surface area contributed by atoms with Crippen LogP contribution in [0.4, 0.5) is 5.82 Å². The molecule has 1 aliphatic rings. The summed E-state index contributed by atoms with van der Waals surface area (Å²) in [5, 5.41) is 7.78. The van der Waals surface area contributed by atoms with Crippen molar-refractivity contribution in [3.63, 3.8) is 0 Å². The number of rotatable bonds is 4. The molecule has 1 aliphatic heterocycles. The van der Waals surface area contributed by atoms with E-state index in [0.29, 0.717) is 6.10 Å². The Morgan fingerprint density at radius 3 is 2.94 bits per heavy atom. The smallest absolute Gasteiger partial charge is 0.131 e. The maximum atomic E-state index is 5.74. The minimum atomic E-state index is 0.344. The third kappa shape index (κ3) is 2.52. The van der Waals surface area contributed by atoms with Crippen molar-refractivity contribution in [2.75, 3.05) is 31.6 Å². The van der Waals surface area contributed by atoms with Crippen LogP contribution in [0, 0.1) is 6.92 Å². The van der Waals surface area contributed by atoms with E-state index in [0.717, 1.165) is 38.4 Å². The van der Waals surface area contributed by atoms with Crippen molar-refractivity contribution in [2.24, 2.45) is 7.05 Å². The highest BCUT2D eigenvalue weighted by Crippen LogP contribution is 2.25. The van der Waals surface area contributed by atoms with Crippen molar-refractivity contribution in [3.05, 3.63) is 11.3 Å². The number of hydrogen-bond donors (Lipinski definition) is 1. The van der Waals surface area contributed by atoms with Crippen LogP contribution in [0.3, 0.4) is 0 Å². The van der Waals surface area contributed by atoms with Gasteiger partial charge in [0.25, 0.3) is 0 Å². The Morgan fingerprint density at radius 1 is 1.50 bits per heavy atom. The second-order valence-electron chi connectivity index (χ2n) is 4.89. The van der Waals surface area contributed by atoms with E-state index in [-0.39, 0.29) is 0 Å². The van der Waals surface area contributed by atoms with Gasteiger partial charge in [0.05, 0.1) is 18.4 Å². The van der Waals surface area contributed by atoms with Crippen LogP contribution in [0.25, 0.3) is 0 Å². The van der Waals surface area contributed by atoms with Crippen LogP contribution in [0.5, 0.6) is 0 Å². The van der Waals surface area contributed by atoms with Crippen LogP contribution in [0.2, 0.25) is 0 Å². The van der Waals surface area contributed by atoms with Crippen molar-refractivity contribution in [1.29, 1.82) is 0 Å². The number of aromatic nitrogens is 2. The van der Waals surface area contributed by atoms with Crippen LogP contribution in [-0.2, 0) is 18.3 Å². The fraction of sp³-hybridized carbons (Fsp3) is 0.769. The normalized spacial score (nSPS) is 20.4. The molecule has 1 saturated heterocycles. The molecule has 2 rings (SSSR count). The molecule has 0 amide bonds. The molecule has 0 bridgehead atoms. The Bertz CT molecular complexity index is 402. The van der Waals surface area contributed by atoms with E-state index >= 15 is 0 Å². The molecule has 0 radical (unpaired) electrons. The molecular weight excluding hydrogens is 228 g/mol. The first-order valence-electron chi connectivity index (χ1n) is 6.71. The maximum absolute atomic E-state index is 5.74. The summed E-state index contributed by atoms with van der Waals surface area (Å²) < 4.78 is 7.74. The second kappa shape index (κ2) is 5.71. The van der Waals surface area contributed by atoms with Crippen molar-refractivity contribution in [1.82, 2.24) is 15.1 Å². The maximum Gasteiger partial charge on any atom is 0.131 e. The lowest BCUT2D eigenvalue weighted by Gasteiger charge is -2.34. The molecule has 1 unspecified atom stereocenters. The van der Waals surface area contributed by atoms with Crippen LogP contribution < -0.4 is 10.2 Å². The zero-order chi connectivity index (χ0) is 13.1. The third-order valence-electron chi connectivity index (χ3n) is 3.56. The number of morpholine rings is 1. The summed E-state index contributed by atoms with van der Waals surface area (Å²) in [7, 11) is 4.00. The average Bonchev–Trinajstić information content (AvgIpc) is 2.65. The molecular formula is C13H24N4O. The largest absolute Gasteiger partial charge is 0.375 e. The minimum absolute atomic E-state index is 0.344. The van der Waals surface area contributed by atoms with E-state index in [1.807, 2.05) is 18.8 Å². The lowest BCUT2D eigenvalue weighted by atomic mass is 10.2. The van der Waals surface area contributed by atoms with Gasteiger partial charge in [-0.25, -0.2) is 0 Å². The molecule has 0 aromatic carbocycles. The number of nitrogens with one attached hydrogen (secondary N) is 1. The SMILES string of the molecule is CCC1CN(c2c(CNC)c(C)nn2C)CCO1. The van der Waals surface area contributed by atoms with E-state index in [9.17, 15) is 0 Å². The number of nitrogens with zero attached hydrogens (tertiary/aromatic N) is 3. The molecule has 5 heteroatoms. The number of ether oxygens (including phenoxy) is 1. The first-order chi connectivity index (χ1) is 8.67. The van der Waals surface area contributed by atoms with Gasteiger partial charge in [0.15, 0.2) is 0 Å². The molecule has 1 aromatic heterocycles. The van der Waals surface area contributed by atoms with Gasteiger partial charge >= 0.3 is 0 Å². The van der Waals surface area contributed by atoms with E-state index in [1.54, 1.807) is 0 Å². The molecule has 102 valence electrons. The molecule has 0 aliphatic carbocycles. The molecule has 2 heterocycles. The molecule has 1 fully saturated rings. The first kappa shape index (κ1) is 13.4. The molecule has 1 N–H and O–H groups in total. The van der Waals surface area contributed by atoms with Crippen molar-refractivity contribution >= 4 is 5.82 Å². The fourth-order valence-electron chi connectivity index (χ4n) is 2.63. The van der Waals surface area contributed by atoms with Crippen LogP contribution in [0.15, 0.2) is 0 Å². The monoisotopic (exact) mass is 252 g/mol. The Labute approximate surface area is 109 Å². The summed E-state index contributed by atoms with van der Waals surface area (Å²) in [6.45, 7) is 7.84. The number of anilines is 1. The number of aryl methyl sites for hydroxylation is 2. The van der Waals surface area contributed by atoms with E-state index in [1.165, 1.54) is 11.4 Å². The van der Waals surface area contributed by atoms with Gasteiger partial charge in [0.2, 0.25) is 0 Å². The van der Waals surface area contributed by atoms with Gasteiger partial charge in [-0.3, -0.25) is 4.68 Å². The Hall–Kier alpha value is -1.07. The fourth-order valence-corrected chi connectivity index (χ4v) is 2.63. The van der Waals surface area contributed by atoms with Crippen LogP contribution in [-0.4, -0.2) is 42.6 Å². The standard InChI is InChI=1S/C13H24N4O/c1-5-11-9-17(6-7-18-11)13-12(8-14-3)10(2)15-16(13)4/h11,14H,5-9H2,1-4H3. The molecule has 1 aromatic rings. The topological polar surface area (TPSA) is 42.3 Å². The number of hydrogen-bond acceptors (Lipinski definition) is 4. The van der Waals surface area contributed by atoms with Gasteiger partial charge in [-0.15, -0.1) is 0 Å². The first-order valence-corrected chi connectivity index (χ1v) is 6.71. The summed E-state index contributed by atoms with van der Waals surface area (Å²) in [5.41, 5.74) is 2.41. The molecule has 1 atom stereocenters. The zero-order valence-electron chi connectivity index (χ0n) is 11.9. The Kier molecular flexibility index (Phi) is 4.24. The van der Waals surface area contributed by atoms with E-state index in [2.05, 4.69) is 29.2 Å². The highest BCUT2D eigenvalue weighted by Gasteiger charge is 2.24. The van der Waals surface area contributed by atoms with Crippen molar-refractivity contribution < 1.29 is 4.74 Å². The summed E-state index contributed by atoms with van der Waals surface area (Å²) in [4.78, 5) is 2.41. The van der Waals surface area contributed by atoms with Gasteiger partial charge < -0.3 is 15.0 Å². The lowest BCUT2D eigenvalue weighted by molar-refractivity contribution is 0.0379. The predicted molar refractivity (Wildman–Crippen MR) is 73.0 cm³/mol. The highest BCUT2D eigenvalue weighted by molar-refractivity contribution is 5.50. The second-order valence-corrected chi connectivity index (χ2v) is 4.89. The van der Waals surface area contributed by atoms with Crippen LogP contribution in [0.1, 0.15) is 24.6 Å². The van der Waals surface area contributed by atoms with Gasteiger partial charge in [0, 0.05) is 32.2 Å². The van der Waals surface area contributed by atoms with E-state index < -0.39 is 0 Å². The predicted octanol–water partition coefficient (Wildman–Crippen LogP) is 1.06. The van der Waals surface area contributed by atoms with Crippen molar-refractivity contribution in [2.45, 2.75) is 32.9 Å². The van der Waals surface area contributed by atoms with Gasteiger partial charge in [-0.1, -0.05) is 6.92 Å². The van der Waals surface area contributed by atoms with Gasteiger partial charge in [-0.05, 0) is 20.4 Å². The quantitative estimate of drug-likeness (QED) is 0.870. The summed E-state index contributed by atoms with van der Waals surface area (Å²) in [6, 6.07) is 0.